The van der Waals surface area contributed by atoms with Crippen molar-refractivity contribution in [3.63, 3.8) is 0 Å². The van der Waals surface area contributed by atoms with Crippen LogP contribution >= 0.6 is 0 Å². The zero-order valence-corrected chi connectivity index (χ0v) is 16.0. The lowest BCUT2D eigenvalue weighted by Crippen LogP contribution is -2.36. The molecule has 0 aliphatic rings. The molecule has 0 bridgehead atoms. The van der Waals surface area contributed by atoms with Crippen molar-refractivity contribution in [2.24, 2.45) is 0 Å². The van der Waals surface area contributed by atoms with Crippen LogP contribution in [0.5, 0.6) is 0 Å². The number of nitrogens with one attached hydrogen (secondary N) is 1. The molecule has 0 radical (unpaired) electrons. The summed E-state index contributed by atoms with van der Waals surface area (Å²) in [7, 11) is 1.29. The van der Waals surface area contributed by atoms with Gasteiger partial charge in [0.05, 0.1) is 12.7 Å². The van der Waals surface area contributed by atoms with Crippen molar-refractivity contribution < 1.29 is 19.1 Å². The molecule has 142 valence electrons. The Kier molecular flexibility index (Phi) is 6.71. The molecule has 0 aliphatic heterocycles. The van der Waals surface area contributed by atoms with E-state index in [0.717, 1.165) is 0 Å². The molecule has 6 heteroatoms. The standard InChI is InChI=1S/C21H24N2O4/c1-14(2)16-8-10-18(11-9-16)22-20(25)13-23(15(3)24)19-7-5-6-17(12-19)21(26)27-4/h5-12,14H,13H2,1-4H3,(H,22,25). The van der Waals surface area contributed by atoms with Crippen molar-refractivity contribution >= 4 is 29.2 Å². The quantitative estimate of drug-likeness (QED) is 0.791. The van der Waals surface area contributed by atoms with Gasteiger partial charge in [-0.1, -0.05) is 32.0 Å². The number of benzene rings is 2. The zero-order chi connectivity index (χ0) is 20.0. The predicted molar refractivity (Wildman–Crippen MR) is 105 cm³/mol. The second-order valence-electron chi connectivity index (χ2n) is 6.47. The molecule has 0 atom stereocenters. The Bertz CT molecular complexity index is 828. The van der Waals surface area contributed by atoms with Gasteiger partial charge in [0.2, 0.25) is 11.8 Å². The summed E-state index contributed by atoms with van der Waals surface area (Å²) in [5, 5.41) is 2.79. The van der Waals surface area contributed by atoms with Crippen LogP contribution < -0.4 is 10.2 Å². The van der Waals surface area contributed by atoms with Crippen molar-refractivity contribution in [1.82, 2.24) is 0 Å². The summed E-state index contributed by atoms with van der Waals surface area (Å²) >= 11 is 0. The van der Waals surface area contributed by atoms with Crippen LogP contribution in [0.3, 0.4) is 0 Å². The van der Waals surface area contributed by atoms with Crippen molar-refractivity contribution in [2.45, 2.75) is 26.7 Å². The number of carbonyl (C=O) groups excluding carboxylic acids is 3. The van der Waals surface area contributed by atoms with Gasteiger partial charge >= 0.3 is 5.97 Å². The molecule has 0 heterocycles. The van der Waals surface area contributed by atoms with Crippen LogP contribution in [0.25, 0.3) is 0 Å². The average molecular weight is 368 g/mol. The van der Waals surface area contributed by atoms with Crippen molar-refractivity contribution in [2.75, 3.05) is 23.9 Å². The van der Waals surface area contributed by atoms with E-state index in [1.807, 2.05) is 24.3 Å². The Balaban J connectivity index is 2.12. The zero-order valence-electron chi connectivity index (χ0n) is 16.0. The van der Waals surface area contributed by atoms with Crippen LogP contribution in [-0.4, -0.2) is 31.4 Å². The fourth-order valence-corrected chi connectivity index (χ4v) is 2.60. The summed E-state index contributed by atoms with van der Waals surface area (Å²) in [4.78, 5) is 37.4. The van der Waals surface area contributed by atoms with E-state index in [1.54, 1.807) is 18.2 Å². The molecule has 2 amide bonds. The fourth-order valence-electron chi connectivity index (χ4n) is 2.60. The lowest BCUT2D eigenvalue weighted by Gasteiger charge is -2.21. The minimum Gasteiger partial charge on any atom is -0.465 e. The molecule has 27 heavy (non-hydrogen) atoms. The highest BCUT2D eigenvalue weighted by atomic mass is 16.5. The monoisotopic (exact) mass is 368 g/mol. The van der Waals surface area contributed by atoms with Gasteiger partial charge in [-0.2, -0.15) is 0 Å². The Morgan fingerprint density at radius 3 is 2.30 bits per heavy atom. The van der Waals surface area contributed by atoms with Crippen LogP contribution in [0.4, 0.5) is 11.4 Å². The number of esters is 1. The third-order valence-corrected chi connectivity index (χ3v) is 4.12. The number of nitrogens with zero attached hydrogens (tertiary/aromatic N) is 1. The third-order valence-electron chi connectivity index (χ3n) is 4.12. The van der Waals surface area contributed by atoms with Crippen LogP contribution in [0.1, 0.15) is 42.6 Å². The Labute approximate surface area is 159 Å². The van der Waals surface area contributed by atoms with Gasteiger partial charge in [0, 0.05) is 18.3 Å². The lowest BCUT2D eigenvalue weighted by atomic mass is 10.0. The number of methoxy groups -OCH3 is 1. The van der Waals surface area contributed by atoms with E-state index in [1.165, 1.54) is 30.6 Å². The average Bonchev–Trinajstić information content (AvgIpc) is 2.65. The van der Waals surface area contributed by atoms with Crippen LogP contribution in [0, 0.1) is 0 Å². The molecule has 0 spiro atoms. The molecule has 1 N–H and O–H groups in total. The molecule has 0 saturated heterocycles. The van der Waals surface area contributed by atoms with E-state index in [2.05, 4.69) is 19.2 Å². The summed E-state index contributed by atoms with van der Waals surface area (Å²) in [6, 6.07) is 14.0. The summed E-state index contributed by atoms with van der Waals surface area (Å²) in [6.07, 6.45) is 0. The van der Waals surface area contributed by atoms with E-state index >= 15 is 0 Å². The van der Waals surface area contributed by atoms with Gasteiger partial charge in [-0.3, -0.25) is 9.59 Å². The van der Waals surface area contributed by atoms with Crippen LogP contribution in [-0.2, 0) is 14.3 Å². The van der Waals surface area contributed by atoms with Gasteiger partial charge in [0.15, 0.2) is 0 Å². The lowest BCUT2D eigenvalue weighted by molar-refractivity contribution is -0.120. The normalized spacial score (nSPS) is 10.4. The second kappa shape index (κ2) is 8.98. The molecular formula is C21H24N2O4. The van der Waals surface area contributed by atoms with Gasteiger partial charge in [-0.05, 0) is 41.8 Å². The molecule has 2 rings (SSSR count). The molecule has 2 aromatic rings. The largest absolute Gasteiger partial charge is 0.465 e. The number of ether oxygens (including phenoxy) is 1. The maximum absolute atomic E-state index is 12.4. The maximum atomic E-state index is 12.4. The summed E-state index contributed by atoms with van der Waals surface area (Å²) in [5.41, 5.74) is 2.61. The number of carbonyl (C=O) groups is 3. The first-order valence-electron chi connectivity index (χ1n) is 8.68. The fraction of sp³-hybridized carbons (Fsp3) is 0.286. The van der Waals surface area contributed by atoms with Gasteiger partial charge in [-0.25, -0.2) is 4.79 Å². The van der Waals surface area contributed by atoms with Gasteiger partial charge in [-0.15, -0.1) is 0 Å². The minimum atomic E-state index is -0.505. The highest BCUT2D eigenvalue weighted by molar-refractivity contribution is 6.02. The molecule has 0 aromatic heterocycles. The topological polar surface area (TPSA) is 75.7 Å². The summed E-state index contributed by atoms with van der Waals surface area (Å²) < 4.78 is 4.70. The number of hydrogen-bond acceptors (Lipinski definition) is 4. The number of amides is 2. The first-order valence-corrected chi connectivity index (χ1v) is 8.68. The first kappa shape index (κ1) is 20.2. The van der Waals surface area contributed by atoms with Gasteiger partial charge < -0.3 is 15.0 Å². The molecule has 0 saturated carbocycles. The van der Waals surface area contributed by atoms with E-state index in [0.29, 0.717) is 22.9 Å². The van der Waals surface area contributed by atoms with Crippen molar-refractivity contribution in [3.05, 3.63) is 59.7 Å². The number of hydrogen-bond donors (Lipinski definition) is 1. The highest BCUT2D eigenvalue weighted by Crippen LogP contribution is 2.19. The Hall–Kier alpha value is -3.15. The Morgan fingerprint density at radius 1 is 1.07 bits per heavy atom. The number of anilines is 2. The van der Waals surface area contributed by atoms with E-state index in [4.69, 9.17) is 4.74 Å². The molecule has 0 fully saturated rings. The predicted octanol–water partition coefficient (Wildman–Crippen LogP) is 3.59. The number of rotatable bonds is 6. The molecule has 2 aromatic carbocycles. The maximum Gasteiger partial charge on any atom is 0.337 e. The van der Waals surface area contributed by atoms with E-state index in [9.17, 15) is 14.4 Å². The van der Waals surface area contributed by atoms with Crippen molar-refractivity contribution in [3.8, 4) is 0 Å². The van der Waals surface area contributed by atoms with Gasteiger partial charge in [0.1, 0.15) is 6.54 Å². The van der Waals surface area contributed by atoms with Crippen LogP contribution in [0.15, 0.2) is 48.5 Å². The van der Waals surface area contributed by atoms with E-state index in [-0.39, 0.29) is 18.4 Å². The van der Waals surface area contributed by atoms with E-state index < -0.39 is 5.97 Å². The molecular weight excluding hydrogens is 344 g/mol. The highest BCUT2D eigenvalue weighted by Gasteiger charge is 2.17. The molecule has 0 unspecified atom stereocenters. The third kappa shape index (κ3) is 5.41. The minimum absolute atomic E-state index is 0.161. The van der Waals surface area contributed by atoms with Gasteiger partial charge in [0.25, 0.3) is 0 Å². The van der Waals surface area contributed by atoms with Crippen molar-refractivity contribution in [1.29, 1.82) is 0 Å². The SMILES string of the molecule is COC(=O)c1cccc(N(CC(=O)Nc2ccc(C(C)C)cc2)C(C)=O)c1. The van der Waals surface area contributed by atoms with Crippen LogP contribution in [0.2, 0.25) is 0 Å². The summed E-state index contributed by atoms with van der Waals surface area (Å²) in [5.74, 6) is -0.728. The second-order valence-corrected chi connectivity index (χ2v) is 6.47. The smallest absolute Gasteiger partial charge is 0.337 e. The molecule has 0 aliphatic carbocycles. The summed E-state index contributed by atoms with van der Waals surface area (Å²) in [6.45, 7) is 5.41. The molecule has 6 nitrogen and oxygen atoms in total. The Morgan fingerprint density at radius 2 is 1.74 bits per heavy atom. The first-order chi connectivity index (χ1) is 12.8.